The zero-order valence-electron chi connectivity index (χ0n) is 17.3. The van der Waals surface area contributed by atoms with Crippen molar-refractivity contribution in [3.8, 4) is 0 Å². The molecule has 3 fully saturated rings. The lowest BCUT2D eigenvalue weighted by molar-refractivity contribution is -0.135. The highest BCUT2D eigenvalue weighted by atomic mass is 16.6. The van der Waals surface area contributed by atoms with E-state index in [0.717, 1.165) is 58.3 Å². The normalized spacial score (nSPS) is 25.5. The molecule has 2 amide bonds. The Balaban J connectivity index is 1.48. The minimum Gasteiger partial charge on any atom is -0.441 e. The van der Waals surface area contributed by atoms with E-state index in [4.69, 9.17) is 4.74 Å². The fourth-order valence-electron chi connectivity index (χ4n) is 4.53. The van der Waals surface area contributed by atoms with Crippen LogP contribution in [0.3, 0.4) is 0 Å². The van der Waals surface area contributed by atoms with Crippen molar-refractivity contribution in [1.29, 1.82) is 0 Å². The van der Waals surface area contributed by atoms with E-state index in [1.54, 1.807) is 0 Å². The van der Waals surface area contributed by atoms with Crippen LogP contribution in [0.25, 0.3) is 0 Å². The number of rotatable bonds is 5. The number of hydrogen-bond acceptors (Lipinski definition) is 5. The molecule has 27 heavy (non-hydrogen) atoms. The van der Waals surface area contributed by atoms with Gasteiger partial charge in [0.2, 0.25) is 5.91 Å². The number of likely N-dealkylation sites (tertiary alicyclic amines) is 1. The van der Waals surface area contributed by atoms with Gasteiger partial charge < -0.3 is 19.4 Å². The summed E-state index contributed by atoms with van der Waals surface area (Å²) in [6, 6.07) is 0.225. The number of piperidine rings is 1. The van der Waals surface area contributed by atoms with Crippen molar-refractivity contribution in [2.75, 3.05) is 59.4 Å². The number of likely N-dealkylation sites (N-methyl/N-ethyl adjacent to an activating group) is 1. The molecule has 0 radical (unpaired) electrons. The summed E-state index contributed by atoms with van der Waals surface area (Å²) in [6.07, 6.45) is 4.51. The van der Waals surface area contributed by atoms with Gasteiger partial charge in [-0.15, -0.1) is 0 Å². The van der Waals surface area contributed by atoms with Crippen molar-refractivity contribution >= 4 is 12.0 Å². The molecular weight excluding hydrogens is 344 g/mol. The molecule has 0 aromatic rings. The van der Waals surface area contributed by atoms with E-state index >= 15 is 0 Å². The second kappa shape index (κ2) is 8.78. The van der Waals surface area contributed by atoms with Crippen molar-refractivity contribution in [1.82, 2.24) is 19.6 Å². The molecule has 3 heterocycles. The van der Waals surface area contributed by atoms with Crippen LogP contribution in [0, 0.1) is 0 Å². The van der Waals surface area contributed by atoms with Crippen molar-refractivity contribution in [3.05, 3.63) is 0 Å². The van der Waals surface area contributed by atoms with Crippen LogP contribution in [0.15, 0.2) is 0 Å². The molecular formula is C20H36N4O3. The van der Waals surface area contributed by atoms with E-state index in [1.165, 1.54) is 0 Å². The van der Waals surface area contributed by atoms with Gasteiger partial charge in [0.05, 0.1) is 13.1 Å². The lowest BCUT2D eigenvalue weighted by Crippen LogP contribution is -2.51. The third kappa shape index (κ3) is 4.93. The van der Waals surface area contributed by atoms with E-state index in [1.807, 2.05) is 9.80 Å². The van der Waals surface area contributed by atoms with Gasteiger partial charge in [-0.2, -0.15) is 0 Å². The lowest BCUT2D eigenvalue weighted by atomic mass is 9.91. The fourth-order valence-corrected chi connectivity index (χ4v) is 4.53. The molecule has 154 valence electrons. The highest BCUT2D eigenvalue weighted by molar-refractivity contribution is 5.78. The predicted molar refractivity (Wildman–Crippen MR) is 105 cm³/mol. The molecule has 3 aliphatic heterocycles. The Morgan fingerprint density at radius 1 is 1.15 bits per heavy atom. The summed E-state index contributed by atoms with van der Waals surface area (Å²) in [6.45, 7) is 10.9. The van der Waals surface area contributed by atoms with Gasteiger partial charge in [-0.05, 0) is 39.9 Å². The zero-order chi connectivity index (χ0) is 19.4. The van der Waals surface area contributed by atoms with Gasteiger partial charge >= 0.3 is 6.09 Å². The number of carbonyl (C=O) groups is 2. The topological polar surface area (TPSA) is 56.3 Å². The molecule has 0 aromatic heterocycles. The van der Waals surface area contributed by atoms with Crippen LogP contribution in [0.4, 0.5) is 4.79 Å². The molecule has 0 unspecified atom stereocenters. The van der Waals surface area contributed by atoms with Crippen molar-refractivity contribution in [2.45, 2.75) is 57.6 Å². The quantitative estimate of drug-likeness (QED) is 0.726. The molecule has 0 N–H and O–H groups in total. The summed E-state index contributed by atoms with van der Waals surface area (Å²) in [5, 5.41) is 0. The minimum atomic E-state index is -0.388. The lowest BCUT2D eigenvalue weighted by Gasteiger charge is -2.38. The van der Waals surface area contributed by atoms with Gasteiger partial charge in [0.25, 0.3) is 0 Å². The summed E-state index contributed by atoms with van der Waals surface area (Å²) in [4.78, 5) is 33.5. The van der Waals surface area contributed by atoms with E-state index in [2.05, 4.69) is 30.7 Å². The van der Waals surface area contributed by atoms with Gasteiger partial charge in [0.1, 0.15) is 5.60 Å². The molecule has 3 rings (SSSR count). The Morgan fingerprint density at radius 2 is 1.89 bits per heavy atom. The maximum absolute atomic E-state index is 12.7. The van der Waals surface area contributed by atoms with E-state index in [9.17, 15) is 9.59 Å². The van der Waals surface area contributed by atoms with E-state index < -0.39 is 0 Å². The van der Waals surface area contributed by atoms with Gasteiger partial charge in [-0.25, -0.2) is 4.79 Å². The van der Waals surface area contributed by atoms with Crippen LogP contribution >= 0.6 is 0 Å². The first-order chi connectivity index (χ1) is 12.9. The van der Waals surface area contributed by atoms with Crippen molar-refractivity contribution in [2.24, 2.45) is 0 Å². The Bertz CT molecular complexity index is 533. The van der Waals surface area contributed by atoms with Gasteiger partial charge in [0, 0.05) is 45.1 Å². The second-order valence-corrected chi connectivity index (χ2v) is 8.63. The molecule has 0 saturated carbocycles. The minimum absolute atomic E-state index is 0.176. The third-order valence-corrected chi connectivity index (χ3v) is 6.43. The zero-order valence-corrected chi connectivity index (χ0v) is 17.3. The summed E-state index contributed by atoms with van der Waals surface area (Å²) < 4.78 is 5.81. The van der Waals surface area contributed by atoms with Crippen LogP contribution in [-0.4, -0.2) is 103 Å². The average molecular weight is 381 g/mol. The van der Waals surface area contributed by atoms with Gasteiger partial charge in [0.15, 0.2) is 0 Å². The molecule has 7 nitrogen and oxygen atoms in total. The molecule has 3 saturated heterocycles. The molecule has 0 aromatic carbocycles. The average Bonchev–Trinajstić information content (AvgIpc) is 2.81. The maximum Gasteiger partial charge on any atom is 0.410 e. The van der Waals surface area contributed by atoms with E-state index in [-0.39, 0.29) is 23.6 Å². The second-order valence-electron chi connectivity index (χ2n) is 8.63. The fraction of sp³-hybridized carbons (Fsp3) is 0.900. The highest BCUT2D eigenvalue weighted by Gasteiger charge is 2.48. The molecule has 3 aliphatic rings. The Labute approximate surface area is 163 Å². The smallest absolute Gasteiger partial charge is 0.410 e. The number of nitrogens with zero attached hydrogens (tertiary/aromatic N) is 4. The monoisotopic (exact) mass is 380 g/mol. The first kappa shape index (κ1) is 20.4. The Morgan fingerprint density at radius 3 is 2.59 bits per heavy atom. The van der Waals surface area contributed by atoms with Gasteiger partial charge in [-0.3, -0.25) is 9.69 Å². The van der Waals surface area contributed by atoms with Gasteiger partial charge in [-0.1, -0.05) is 13.3 Å². The third-order valence-electron chi connectivity index (χ3n) is 6.43. The molecule has 7 heteroatoms. The summed E-state index contributed by atoms with van der Waals surface area (Å²) in [5.41, 5.74) is -0.388. The summed E-state index contributed by atoms with van der Waals surface area (Å²) >= 11 is 0. The molecule has 0 bridgehead atoms. The van der Waals surface area contributed by atoms with Crippen LogP contribution in [0.5, 0.6) is 0 Å². The molecule has 1 atom stereocenters. The standard InChI is InChI=1S/C20H36N4O3/c1-4-6-17(2)24-16-20(27-19(24)26)7-11-23(12-8-20)18(25)15-22-10-5-9-21(3)13-14-22/h17H,4-16H2,1-3H3/t17-/m0/s1. The Hall–Kier alpha value is -1.34. The van der Waals surface area contributed by atoms with Crippen LogP contribution < -0.4 is 0 Å². The molecule has 1 spiro atoms. The first-order valence-electron chi connectivity index (χ1n) is 10.6. The molecule has 0 aliphatic carbocycles. The summed E-state index contributed by atoms with van der Waals surface area (Å²) in [7, 11) is 2.14. The van der Waals surface area contributed by atoms with E-state index in [0.29, 0.717) is 26.2 Å². The SMILES string of the molecule is CCC[C@H](C)N1CC2(CCN(C(=O)CN3CCCN(C)CC3)CC2)OC1=O. The number of carbonyl (C=O) groups excluding carboxylic acids is 2. The van der Waals surface area contributed by atoms with Crippen molar-refractivity contribution < 1.29 is 14.3 Å². The number of ether oxygens (including phenoxy) is 1. The van der Waals surface area contributed by atoms with Crippen LogP contribution in [0.1, 0.15) is 46.0 Å². The maximum atomic E-state index is 12.7. The summed E-state index contributed by atoms with van der Waals surface area (Å²) in [5.74, 6) is 0.218. The number of hydrogen-bond donors (Lipinski definition) is 0. The largest absolute Gasteiger partial charge is 0.441 e. The van der Waals surface area contributed by atoms with Crippen LogP contribution in [-0.2, 0) is 9.53 Å². The predicted octanol–water partition coefficient (Wildman–Crippen LogP) is 1.63. The Kier molecular flexibility index (Phi) is 6.63. The first-order valence-corrected chi connectivity index (χ1v) is 10.6. The number of amides is 2. The van der Waals surface area contributed by atoms with Crippen LogP contribution in [0.2, 0.25) is 0 Å². The highest BCUT2D eigenvalue weighted by Crippen LogP contribution is 2.34. The van der Waals surface area contributed by atoms with Crippen molar-refractivity contribution in [3.63, 3.8) is 0 Å².